The Labute approximate surface area is 88.1 Å². The first kappa shape index (κ1) is 11.4. The maximum Gasteiger partial charge on any atom is 0.200 e. The number of hydrogen-bond donors (Lipinski definition) is 2. The van der Waals surface area contributed by atoms with Gasteiger partial charge in [0.1, 0.15) is 5.78 Å². The fourth-order valence-electron chi connectivity index (χ4n) is 1.28. The highest BCUT2D eigenvalue weighted by Gasteiger charge is 2.12. The third-order valence-corrected chi connectivity index (χ3v) is 2.16. The highest BCUT2D eigenvalue weighted by Crippen LogP contribution is 2.38. The molecule has 0 aliphatic rings. The lowest BCUT2D eigenvalue weighted by atomic mass is 10.1. The zero-order valence-corrected chi connectivity index (χ0v) is 8.78. The number of ether oxygens (including phenoxy) is 1. The van der Waals surface area contributed by atoms with Crippen LogP contribution in [0.4, 0.5) is 0 Å². The molecule has 4 heteroatoms. The fraction of sp³-hybridized carbons (Fsp3) is 0.364. The minimum atomic E-state index is -0.279. The van der Waals surface area contributed by atoms with Crippen LogP contribution in [0.3, 0.4) is 0 Å². The number of Topliss-reactive ketones (excluding diaryl/α,β-unsaturated/α-hetero) is 1. The van der Waals surface area contributed by atoms with E-state index in [1.54, 1.807) is 12.1 Å². The van der Waals surface area contributed by atoms with Gasteiger partial charge in [-0.1, -0.05) is 6.07 Å². The van der Waals surface area contributed by atoms with E-state index in [9.17, 15) is 15.0 Å². The number of phenolic OH excluding ortho intramolecular Hbond substituents is 2. The summed E-state index contributed by atoms with van der Waals surface area (Å²) in [6.07, 6.45) is 0.762. The number of hydrogen-bond acceptors (Lipinski definition) is 4. The molecule has 4 nitrogen and oxygen atoms in total. The third kappa shape index (κ3) is 2.62. The zero-order valence-electron chi connectivity index (χ0n) is 8.78. The van der Waals surface area contributed by atoms with Crippen LogP contribution in [0.15, 0.2) is 12.1 Å². The first-order chi connectivity index (χ1) is 7.06. The van der Waals surface area contributed by atoms with Crippen LogP contribution in [-0.4, -0.2) is 23.1 Å². The van der Waals surface area contributed by atoms with Crippen LogP contribution in [-0.2, 0) is 11.2 Å². The number of benzene rings is 1. The average Bonchev–Trinajstić information content (AvgIpc) is 2.20. The van der Waals surface area contributed by atoms with Crippen molar-refractivity contribution in [3.63, 3.8) is 0 Å². The smallest absolute Gasteiger partial charge is 0.200 e. The predicted molar refractivity (Wildman–Crippen MR) is 55.3 cm³/mol. The van der Waals surface area contributed by atoms with Crippen LogP contribution in [0.2, 0.25) is 0 Å². The molecule has 0 atom stereocenters. The second-order valence-electron chi connectivity index (χ2n) is 3.33. The molecule has 0 spiro atoms. The Morgan fingerprint density at radius 3 is 2.53 bits per heavy atom. The summed E-state index contributed by atoms with van der Waals surface area (Å²) >= 11 is 0. The van der Waals surface area contributed by atoms with Crippen molar-refractivity contribution in [2.45, 2.75) is 19.8 Å². The number of aryl methyl sites for hydroxylation is 1. The maximum absolute atomic E-state index is 10.8. The Hall–Kier alpha value is -1.71. The Bertz CT molecular complexity index is 371. The topological polar surface area (TPSA) is 66.8 Å². The first-order valence-electron chi connectivity index (χ1n) is 4.63. The number of rotatable bonds is 4. The summed E-state index contributed by atoms with van der Waals surface area (Å²) in [5, 5.41) is 19.1. The van der Waals surface area contributed by atoms with E-state index in [0.29, 0.717) is 18.4 Å². The summed E-state index contributed by atoms with van der Waals surface area (Å²) < 4.78 is 4.83. The largest absolute Gasteiger partial charge is 0.504 e. The SMILES string of the molecule is COc1ccc(CCC(C)=O)c(O)c1O. The second kappa shape index (κ2) is 4.68. The molecule has 1 rings (SSSR count). The lowest BCUT2D eigenvalue weighted by Gasteiger charge is -2.08. The van der Waals surface area contributed by atoms with Gasteiger partial charge in [-0.05, 0) is 25.0 Å². The quantitative estimate of drug-likeness (QED) is 0.741. The lowest BCUT2D eigenvalue weighted by Crippen LogP contribution is -1.95. The second-order valence-corrected chi connectivity index (χ2v) is 3.33. The van der Waals surface area contributed by atoms with Gasteiger partial charge in [0.25, 0.3) is 0 Å². The van der Waals surface area contributed by atoms with Gasteiger partial charge in [0.2, 0.25) is 5.75 Å². The average molecular weight is 210 g/mol. The van der Waals surface area contributed by atoms with E-state index < -0.39 is 0 Å². The van der Waals surface area contributed by atoms with Gasteiger partial charge in [0.05, 0.1) is 7.11 Å². The first-order valence-corrected chi connectivity index (χ1v) is 4.63. The van der Waals surface area contributed by atoms with Crippen LogP contribution in [0.5, 0.6) is 17.2 Å². The Morgan fingerprint density at radius 1 is 1.33 bits per heavy atom. The summed E-state index contributed by atoms with van der Waals surface area (Å²) in [5.41, 5.74) is 0.545. The molecule has 0 aliphatic heterocycles. The van der Waals surface area contributed by atoms with Crippen molar-refractivity contribution in [2.24, 2.45) is 0 Å². The normalized spacial score (nSPS) is 10.0. The summed E-state index contributed by atoms with van der Waals surface area (Å²) in [5.74, 6) is -0.224. The number of methoxy groups -OCH3 is 1. The molecule has 0 saturated carbocycles. The molecule has 0 radical (unpaired) electrons. The van der Waals surface area contributed by atoms with E-state index in [0.717, 1.165) is 0 Å². The van der Waals surface area contributed by atoms with Crippen LogP contribution >= 0.6 is 0 Å². The van der Waals surface area contributed by atoms with Crippen molar-refractivity contribution < 1.29 is 19.7 Å². The molecular formula is C11H14O4. The highest BCUT2D eigenvalue weighted by atomic mass is 16.5. The molecular weight excluding hydrogens is 196 g/mol. The summed E-state index contributed by atoms with van der Waals surface area (Å²) in [6.45, 7) is 1.49. The number of ketones is 1. The Kier molecular flexibility index (Phi) is 3.55. The number of carbonyl (C=O) groups excluding carboxylic acids is 1. The summed E-state index contributed by atoms with van der Waals surface area (Å²) in [7, 11) is 1.41. The Balaban J connectivity index is 2.91. The van der Waals surface area contributed by atoms with Gasteiger partial charge in [0, 0.05) is 6.42 Å². The molecule has 0 bridgehead atoms. The van der Waals surface area contributed by atoms with Crippen molar-refractivity contribution in [1.29, 1.82) is 0 Å². The van der Waals surface area contributed by atoms with Crippen molar-refractivity contribution in [1.82, 2.24) is 0 Å². The van der Waals surface area contributed by atoms with Gasteiger partial charge >= 0.3 is 0 Å². The summed E-state index contributed by atoms with van der Waals surface area (Å²) in [6, 6.07) is 3.20. The van der Waals surface area contributed by atoms with E-state index in [4.69, 9.17) is 4.74 Å². The molecule has 0 heterocycles. The molecule has 1 aromatic carbocycles. The fourth-order valence-corrected chi connectivity index (χ4v) is 1.28. The van der Waals surface area contributed by atoms with E-state index in [1.165, 1.54) is 14.0 Å². The molecule has 1 aromatic rings. The van der Waals surface area contributed by atoms with E-state index in [1.807, 2.05) is 0 Å². The molecule has 15 heavy (non-hydrogen) atoms. The van der Waals surface area contributed by atoms with Crippen LogP contribution in [0, 0.1) is 0 Å². The number of phenols is 2. The molecule has 0 aliphatic carbocycles. The van der Waals surface area contributed by atoms with Gasteiger partial charge in [0.15, 0.2) is 11.5 Å². The van der Waals surface area contributed by atoms with Crippen LogP contribution in [0.1, 0.15) is 18.9 Å². The predicted octanol–water partition coefficient (Wildman–Crippen LogP) is 1.63. The van der Waals surface area contributed by atoms with E-state index in [-0.39, 0.29) is 23.0 Å². The van der Waals surface area contributed by atoms with Gasteiger partial charge < -0.3 is 19.7 Å². The lowest BCUT2D eigenvalue weighted by molar-refractivity contribution is -0.116. The maximum atomic E-state index is 10.8. The minimum absolute atomic E-state index is 0.0460. The van der Waals surface area contributed by atoms with E-state index in [2.05, 4.69) is 0 Å². The highest BCUT2D eigenvalue weighted by molar-refractivity contribution is 5.76. The zero-order chi connectivity index (χ0) is 11.4. The monoisotopic (exact) mass is 210 g/mol. The van der Waals surface area contributed by atoms with Crippen LogP contribution in [0.25, 0.3) is 0 Å². The molecule has 0 fully saturated rings. The van der Waals surface area contributed by atoms with Crippen molar-refractivity contribution in [3.8, 4) is 17.2 Å². The van der Waals surface area contributed by atoms with Gasteiger partial charge in [-0.25, -0.2) is 0 Å². The molecule has 0 saturated heterocycles. The molecule has 0 aromatic heterocycles. The minimum Gasteiger partial charge on any atom is -0.504 e. The molecule has 2 N–H and O–H groups in total. The number of aromatic hydroxyl groups is 2. The van der Waals surface area contributed by atoms with Gasteiger partial charge in [-0.15, -0.1) is 0 Å². The molecule has 0 unspecified atom stereocenters. The summed E-state index contributed by atoms with van der Waals surface area (Å²) in [4.78, 5) is 10.8. The molecule has 0 amide bonds. The molecule has 82 valence electrons. The van der Waals surface area contributed by atoms with Crippen molar-refractivity contribution in [2.75, 3.05) is 7.11 Å². The van der Waals surface area contributed by atoms with Gasteiger partial charge in [-0.2, -0.15) is 0 Å². The standard InChI is InChI=1S/C11H14O4/c1-7(12)3-4-8-5-6-9(15-2)11(14)10(8)13/h5-6,13-14H,3-4H2,1-2H3. The van der Waals surface area contributed by atoms with Crippen LogP contribution < -0.4 is 4.74 Å². The van der Waals surface area contributed by atoms with E-state index >= 15 is 0 Å². The Morgan fingerprint density at radius 2 is 2.00 bits per heavy atom. The third-order valence-electron chi connectivity index (χ3n) is 2.16. The van der Waals surface area contributed by atoms with Crippen molar-refractivity contribution in [3.05, 3.63) is 17.7 Å². The van der Waals surface area contributed by atoms with Gasteiger partial charge in [-0.3, -0.25) is 0 Å². The van der Waals surface area contributed by atoms with Crippen molar-refractivity contribution >= 4 is 5.78 Å². The number of carbonyl (C=O) groups is 1.